The molecule has 2 amide bonds. The Labute approximate surface area is 213 Å². The fraction of sp³-hybridized carbons (Fsp3) is 0.591. The SMILES string of the molecule is CCC(=O)N1CCC2(CC1)C(=O)N(Cc1cccnc1)CCN2C.O=C(O)C(F)(F)F.O=C(O)C(F)(F)F. The van der Waals surface area contributed by atoms with Crippen molar-refractivity contribution in [1.29, 1.82) is 0 Å². The van der Waals surface area contributed by atoms with Gasteiger partial charge in [-0.2, -0.15) is 26.3 Å². The van der Waals surface area contributed by atoms with Gasteiger partial charge in [-0.3, -0.25) is 19.5 Å². The highest BCUT2D eigenvalue weighted by molar-refractivity contribution is 5.88. The Morgan fingerprint density at radius 1 is 0.974 bits per heavy atom. The molecule has 2 saturated heterocycles. The second kappa shape index (κ2) is 13.4. The monoisotopic (exact) mass is 558 g/mol. The quantitative estimate of drug-likeness (QED) is 0.541. The molecule has 2 aliphatic rings. The molecule has 0 aromatic carbocycles. The van der Waals surface area contributed by atoms with Crippen molar-refractivity contribution < 1.29 is 55.7 Å². The van der Waals surface area contributed by atoms with Gasteiger partial charge in [-0.05, 0) is 31.5 Å². The lowest BCUT2D eigenvalue weighted by Crippen LogP contribution is -2.67. The zero-order valence-electron chi connectivity index (χ0n) is 20.6. The summed E-state index contributed by atoms with van der Waals surface area (Å²) < 4.78 is 63.5. The third-order valence-electron chi connectivity index (χ3n) is 5.95. The van der Waals surface area contributed by atoms with Crippen molar-refractivity contribution in [2.75, 3.05) is 33.2 Å². The van der Waals surface area contributed by atoms with Gasteiger partial charge in [0.15, 0.2) is 0 Å². The number of halogens is 6. The molecule has 3 rings (SSSR count). The predicted molar refractivity (Wildman–Crippen MR) is 119 cm³/mol. The molecule has 1 aromatic heterocycles. The van der Waals surface area contributed by atoms with Gasteiger partial charge in [0.25, 0.3) is 0 Å². The standard InChI is InChI=1S/C18H26N4O2.2C2HF3O2/c1-3-16(23)21-9-6-18(7-10-21)17(24)22(12-11-20(18)2)14-15-5-4-8-19-13-15;2*3-2(4,5)1(6)7/h4-5,8,13H,3,6-7,9-12,14H2,1-2H3;2*(H,6,7). The molecule has 1 aromatic rings. The minimum absolute atomic E-state index is 0.183. The van der Waals surface area contributed by atoms with E-state index in [9.17, 15) is 35.9 Å². The van der Waals surface area contributed by atoms with Gasteiger partial charge in [0.05, 0.1) is 0 Å². The summed E-state index contributed by atoms with van der Waals surface area (Å²) in [6, 6.07) is 3.91. The van der Waals surface area contributed by atoms with E-state index in [2.05, 4.69) is 9.88 Å². The van der Waals surface area contributed by atoms with Crippen LogP contribution in [0.3, 0.4) is 0 Å². The number of carboxylic acid groups (broad SMARTS) is 2. The zero-order valence-corrected chi connectivity index (χ0v) is 20.6. The number of carboxylic acids is 2. The van der Waals surface area contributed by atoms with Crippen LogP contribution in [0, 0.1) is 0 Å². The normalized spacial score (nSPS) is 17.6. The van der Waals surface area contributed by atoms with Gasteiger partial charge in [0, 0.05) is 51.5 Å². The van der Waals surface area contributed by atoms with Crippen LogP contribution < -0.4 is 0 Å². The number of hydrogen-bond acceptors (Lipinski definition) is 6. The van der Waals surface area contributed by atoms with Crippen molar-refractivity contribution in [3.05, 3.63) is 30.1 Å². The van der Waals surface area contributed by atoms with E-state index in [4.69, 9.17) is 19.8 Å². The highest BCUT2D eigenvalue weighted by atomic mass is 19.4. The third kappa shape index (κ3) is 9.15. The first-order valence-corrected chi connectivity index (χ1v) is 11.2. The Morgan fingerprint density at radius 3 is 1.87 bits per heavy atom. The second-order valence-electron chi connectivity index (χ2n) is 8.38. The lowest BCUT2D eigenvalue weighted by Gasteiger charge is -2.51. The van der Waals surface area contributed by atoms with Crippen LogP contribution in [0.4, 0.5) is 26.3 Å². The van der Waals surface area contributed by atoms with Crippen LogP contribution in [-0.4, -0.2) is 105 Å². The third-order valence-corrected chi connectivity index (χ3v) is 5.95. The van der Waals surface area contributed by atoms with Crippen LogP contribution in [0.2, 0.25) is 0 Å². The average molecular weight is 558 g/mol. The highest BCUT2D eigenvalue weighted by Crippen LogP contribution is 2.33. The minimum atomic E-state index is -5.08. The summed E-state index contributed by atoms with van der Waals surface area (Å²) in [4.78, 5) is 53.1. The summed E-state index contributed by atoms with van der Waals surface area (Å²) >= 11 is 0. The molecule has 2 fully saturated rings. The summed E-state index contributed by atoms with van der Waals surface area (Å²) in [6.45, 7) is 5.45. The fourth-order valence-electron chi connectivity index (χ4n) is 3.85. The second-order valence-corrected chi connectivity index (χ2v) is 8.38. The van der Waals surface area contributed by atoms with E-state index in [0.717, 1.165) is 31.5 Å². The van der Waals surface area contributed by atoms with Crippen LogP contribution in [0.1, 0.15) is 31.7 Å². The maximum absolute atomic E-state index is 13.2. The van der Waals surface area contributed by atoms with Crippen LogP contribution in [-0.2, 0) is 25.7 Å². The van der Waals surface area contributed by atoms with Gasteiger partial charge < -0.3 is 20.0 Å². The van der Waals surface area contributed by atoms with Crippen molar-refractivity contribution in [1.82, 2.24) is 19.7 Å². The zero-order chi connectivity index (χ0) is 29.3. The number of amides is 2. The summed E-state index contributed by atoms with van der Waals surface area (Å²) in [5.74, 6) is -5.13. The molecule has 0 unspecified atom stereocenters. The molecule has 10 nitrogen and oxygen atoms in total. The number of likely N-dealkylation sites (N-methyl/N-ethyl adjacent to an activating group) is 1. The van der Waals surface area contributed by atoms with E-state index in [1.807, 2.05) is 42.1 Å². The number of aliphatic carboxylic acids is 2. The number of carbonyl (C=O) groups excluding carboxylic acids is 2. The molecule has 38 heavy (non-hydrogen) atoms. The lowest BCUT2D eigenvalue weighted by atomic mass is 9.82. The molecular weight excluding hydrogens is 530 g/mol. The molecule has 3 heterocycles. The van der Waals surface area contributed by atoms with Gasteiger partial charge in [-0.15, -0.1) is 0 Å². The summed E-state index contributed by atoms with van der Waals surface area (Å²) in [5.41, 5.74) is 0.606. The fourth-order valence-corrected chi connectivity index (χ4v) is 3.85. The number of alkyl halides is 6. The summed E-state index contributed by atoms with van der Waals surface area (Å²) in [5, 5.41) is 14.2. The molecule has 0 bridgehead atoms. The van der Waals surface area contributed by atoms with Gasteiger partial charge >= 0.3 is 24.3 Å². The number of likely N-dealkylation sites (tertiary alicyclic amines) is 1. The van der Waals surface area contributed by atoms with E-state index in [0.29, 0.717) is 26.1 Å². The van der Waals surface area contributed by atoms with Gasteiger partial charge in [0.1, 0.15) is 5.54 Å². The number of carbonyl (C=O) groups is 4. The molecule has 2 N–H and O–H groups in total. The number of piperidine rings is 1. The Balaban J connectivity index is 0.000000426. The Hall–Kier alpha value is -3.43. The first-order valence-electron chi connectivity index (χ1n) is 11.2. The highest BCUT2D eigenvalue weighted by Gasteiger charge is 2.49. The number of nitrogens with zero attached hydrogens (tertiary/aromatic N) is 4. The number of hydrogen-bond donors (Lipinski definition) is 2. The van der Waals surface area contributed by atoms with Crippen LogP contribution in [0.5, 0.6) is 0 Å². The lowest BCUT2D eigenvalue weighted by molar-refractivity contribution is -0.193. The molecule has 2 aliphatic heterocycles. The topological polar surface area (TPSA) is 131 Å². The van der Waals surface area contributed by atoms with Crippen LogP contribution in [0.15, 0.2) is 24.5 Å². The van der Waals surface area contributed by atoms with Crippen molar-refractivity contribution in [2.45, 2.75) is 50.6 Å². The Morgan fingerprint density at radius 2 is 1.47 bits per heavy atom. The van der Waals surface area contributed by atoms with E-state index in [-0.39, 0.29) is 11.8 Å². The molecule has 16 heteroatoms. The number of piperazine rings is 1. The number of rotatable bonds is 3. The Bertz CT molecular complexity index is 941. The first-order chi connectivity index (χ1) is 17.5. The molecular formula is C22H28F6N4O6. The number of pyridine rings is 1. The van der Waals surface area contributed by atoms with Crippen LogP contribution in [0.25, 0.3) is 0 Å². The maximum Gasteiger partial charge on any atom is 0.490 e. The van der Waals surface area contributed by atoms with Crippen molar-refractivity contribution in [3.8, 4) is 0 Å². The smallest absolute Gasteiger partial charge is 0.475 e. The van der Waals surface area contributed by atoms with E-state index >= 15 is 0 Å². The maximum atomic E-state index is 13.2. The van der Waals surface area contributed by atoms with Crippen LogP contribution >= 0.6 is 0 Å². The van der Waals surface area contributed by atoms with Crippen molar-refractivity contribution in [2.24, 2.45) is 0 Å². The molecule has 0 saturated carbocycles. The van der Waals surface area contributed by atoms with Crippen molar-refractivity contribution >= 4 is 23.8 Å². The Kier molecular flexibility index (Phi) is 11.5. The van der Waals surface area contributed by atoms with E-state index < -0.39 is 29.8 Å². The molecule has 0 radical (unpaired) electrons. The predicted octanol–water partition coefficient (Wildman–Crippen LogP) is 2.39. The summed E-state index contributed by atoms with van der Waals surface area (Å²) in [7, 11) is 2.04. The first kappa shape index (κ1) is 32.6. The summed E-state index contributed by atoms with van der Waals surface area (Å²) in [6.07, 6.45) is -4.63. The van der Waals surface area contributed by atoms with Gasteiger partial charge in [0.2, 0.25) is 11.8 Å². The minimum Gasteiger partial charge on any atom is -0.475 e. The van der Waals surface area contributed by atoms with E-state index in [1.165, 1.54) is 0 Å². The largest absolute Gasteiger partial charge is 0.490 e. The molecule has 1 spiro atoms. The molecule has 0 aliphatic carbocycles. The molecule has 214 valence electrons. The average Bonchev–Trinajstić information content (AvgIpc) is 2.85. The van der Waals surface area contributed by atoms with Gasteiger partial charge in [-0.25, -0.2) is 9.59 Å². The van der Waals surface area contributed by atoms with Crippen molar-refractivity contribution in [3.63, 3.8) is 0 Å². The molecule has 0 atom stereocenters. The number of aromatic nitrogens is 1. The van der Waals surface area contributed by atoms with Gasteiger partial charge in [-0.1, -0.05) is 13.0 Å². The van der Waals surface area contributed by atoms with E-state index in [1.54, 1.807) is 6.20 Å².